The molecule has 0 aliphatic heterocycles. The zero-order valence-electron chi connectivity index (χ0n) is 16.4. The molecule has 0 N–H and O–H groups in total. The van der Waals surface area contributed by atoms with Crippen molar-refractivity contribution >= 4 is 44.2 Å². The number of rotatable bonds is 3. The van der Waals surface area contributed by atoms with E-state index in [1.165, 1.54) is 18.4 Å². The molecule has 5 nitrogen and oxygen atoms in total. The molecule has 29 heavy (non-hydrogen) atoms. The van der Waals surface area contributed by atoms with E-state index in [0.717, 1.165) is 32.1 Å². The van der Waals surface area contributed by atoms with Crippen molar-refractivity contribution in [3.63, 3.8) is 0 Å². The second-order valence-electron chi connectivity index (χ2n) is 6.96. The van der Waals surface area contributed by atoms with Crippen LogP contribution in [0, 0.1) is 13.8 Å². The number of amides is 1. The predicted molar refractivity (Wildman–Crippen MR) is 115 cm³/mol. The van der Waals surface area contributed by atoms with E-state index in [9.17, 15) is 9.59 Å². The van der Waals surface area contributed by atoms with Gasteiger partial charge in [0.2, 0.25) is 0 Å². The van der Waals surface area contributed by atoms with E-state index in [1.807, 2.05) is 56.3 Å². The maximum absolute atomic E-state index is 12.9. The van der Waals surface area contributed by atoms with Gasteiger partial charge in [-0.1, -0.05) is 47.7 Å². The Kier molecular flexibility index (Phi) is 5.03. The molecule has 6 heteroatoms. The average molecular weight is 404 g/mol. The largest absolute Gasteiger partial charge is 0.468 e. The molecule has 3 aromatic carbocycles. The van der Waals surface area contributed by atoms with Gasteiger partial charge in [0.15, 0.2) is 4.80 Å². The fourth-order valence-electron chi connectivity index (χ4n) is 3.42. The van der Waals surface area contributed by atoms with Crippen molar-refractivity contribution in [3.8, 4) is 0 Å². The van der Waals surface area contributed by atoms with Crippen molar-refractivity contribution in [3.05, 3.63) is 76.1 Å². The van der Waals surface area contributed by atoms with E-state index < -0.39 is 0 Å². The molecule has 4 aromatic rings. The molecule has 146 valence electrons. The van der Waals surface area contributed by atoms with Gasteiger partial charge in [-0.2, -0.15) is 4.99 Å². The molecule has 0 unspecified atom stereocenters. The molecule has 0 aliphatic rings. The van der Waals surface area contributed by atoms with Gasteiger partial charge in [0, 0.05) is 5.56 Å². The minimum atomic E-state index is -0.386. The van der Waals surface area contributed by atoms with E-state index in [4.69, 9.17) is 4.74 Å². The summed E-state index contributed by atoms with van der Waals surface area (Å²) >= 11 is 1.41. The van der Waals surface area contributed by atoms with Gasteiger partial charge in [0.05, 0.1) is 17.3 Å². The van der Waals surface area contributed by atoms with Crippen LogP contribution >= 0.6 is 11.3 Å². The number of methoxy groups -OCH3 is 1. The quantitative estimate of drug-likeness (QED) is 0.476. The number of fused-ring (bicyclic) bond motifs is 2. The molecule has 0 bridgehead atoms. The fourth-order valence-corrected chi connectivity index (χ4v) is 4.50. The number of aryl methyl sites for hydroxylation is 2. The molecule has 0 saturated carbocycles. The zero-order valence-corrected chi connectivity index (χ0v) is 17.2. The lowest BCUT2D eigenvalue weighted by Gasteiger charge is -2.05. The van der Waals surface area contributed by atoms with Crippen LogP contribution in [0.1, 0.15) is 21.5 Å². The Morgan fingerprint density at radius 3 is 2.55 bits per heavy atom. The van der Waals surface area contributed by atoms with Crippen LogP contribution in [-0.4, -0.2) is 23.6 Å². The summed E-state index contributed by atoms with van der Waals surface area (Å²) in [4.78, 5) is 29.7. The topological polar surface area (TPSA) is 60.7 Å². The van der Waals surface area contributed by atoms with Crippen LogP contribution in [0.25, 0.3) is 21.0 Å². The highest BCUT2D eigenvalue weighted by Gasteiger charge is 2.14. The van der Waals surface area contributed by atoms with Gasteiger partial charge < -0.3 is 9.30 Å². The SMILES string of the molecule is COC(=O)Cn1c(=NC(=O)c2ccc3ccccc3c2)sc2c(C)cc(C)cc21. The molecule has 0 fully saturated rings. The number of thiazole rings is 1. The standard InChI is InChI=1S/C23H20N2O3S/c1-14-10-15(2)21-19(11-14)25(13-20(26)28-3)23(29-21)24-22(27)18-9-8-16-6-4-5-7-17(16)12-18/h4-12H,13H2,1-3H3. The summed E-state index contributed by atoms with van der Waals surface area (Å²) in [5.41, 5.74) is 3.56. The summed E-state index contributed by atoms with van der Waals surface area (Å²) in [5.74, 6) is -0.723. The molecule has 1 heterocycles. The van der Waals surface area contributed by atoms with E-state index in [1.54, 1.807) is 10.6 Å². The van der Waals surface area contributed by atoms with Crippen LogP contribution in [0.4, 0.5) is 0 Å². The molecular weight excluding hydrogens is 384 g/mol. The molecule has 0 aliphatic carbocycles. The number of esters is 1. The Morgan fingerprint density at radius 1 is 1.03 bits per heavy atom. The maximum Gasteiger partial charge on any atom is 0.325 e. The van der Waals surface area contributed by atoms with Crippen LogP contribution in [0.15, 0.2) is 59.6 Å². The summed E-state index contributed by atoms with van der Waals surface area (Å²) < 4.78 is 7.60. The number of aromatic nitrogens is 1. The lowest BCUT2D eigenvalue weighted by Crippen LogP contribution is -2.22. The van der Waals surface area contributed by atoms with E-state index in [0.29, 0.717) is 10.4 Å². The second kappa shape index (κ2) is 7.64. The van der Waals surface area contributed by atoms with Crippen molar-refractivity contribution in [2.45, 2.75) is 20.4 Å². The molecular formula is C23H20N2O3S. The zero-order chi connectivity index (χ0) is 20.5. The van der Waals surface area contributed by atoms with Gasteiger partial charge in [-0.25, -0.2) is 0 Å². The molecule has 0 radical (unpaired) electrons. The van der Waals surface area contributed by atoms with Crippen molar-refractivity contribution in [1.29, 1.82) is 0 Å². The maximum atomic E-state index is 12.9. The van der Waals surface area contributed by atoms with Crippen LogP contribution in [-0.2, 0) is 16.1 Å². The first-order chi connectivity index (χ1) is 14.0. The molecule has 1 amide bonds. The summed E-state index contributed by atoms with van der Waals surface area (Å²) in [6, 6.07) is 17.5. The Morgan fingerprint density at radius 2 is 1.79 bits per heavy atom. The minimum absolute atomic E-state index is 0.00320. The molecule has 0 spiro atoms. The van der Waals surface area contributed by atoms with Crippen LogP contribution in [0.3, 0.4) is 0 Å². The normalized spacial score (nSPS) is 11.9. The molecule has 0 atom stereocenters. The van der Waals surface area contributed by atoms with Crippen LogP contribution < -0.4 is 4.80 Å². The van der Waals surface area contributed by atoms with Gasteiger partial charge in [0.25, 0.3) is 5.91 Å². The summed E-state index contributed by atoms with van der Waals surface area (Å²) in [5, 5.41) is 2.05. The Balaban J connectivity index is 1.87. The first-order valence-corrected chi connectivity index (χ1v) is 10.0. The molecule has 4 rings (SSSR count). The number of carbonyl (C=O) groups excluding carboxylic acids is 2. The van der Waals surface area contributed by atoms with Gasteiger partial charge in [0.1, 0.15) is 6.54 Å². The molecule has 1 aromatic heterocycles. The average Bonchev–Trinajstić information content (AvgIpc) is 3.04. The summed E-state index contributed by atoms with van der Waals surface area (Å²) in [6.45, 7) is 4.02. The summed E-state index contributed by atoms with van der Waals surface area (Å²) in [7, 11) is 1.35. The van der Waals surface area contributed by atoms with Crippen LogP contribution in [0.5, 0.6) is 0 Å². The van der Waals surface area contributed by atoms with Crippen molar-refractivity contribution in [1.82, 2.24) is 4.57 Å². The van der Waals surface area contributed by atoms with Gasteiger partial charge in [-0.05, 0) is 53.9 Å². The third-order valence-electron chi connectivity index (χ3n) is 4.82. The Labute approximate surface area is 171 Å². The van der Waals surface area contributed by atoms with Crippen molar-refractivity contribution in [2.75, 3.05) is 7.11 Å². The highest BCUT2D eigenvalue weighted by molar-refractivity contribution is 7.16. The van der Waals surface area contributed by atoms with Crippen LogP contribution in [0.2, 0.25) is 0 Å². The number of benzene rings is 3. The summed E-state index contributed by atoms with van der Waals surface area (Å²) in [6.07, 6.45) is 0. The lowest BCUT2D eigenvalue weighted by atomic mass is 10.1. The van der Waals surface area contributed by atoms with E-state index >= 15 is 0 Å². The number of carbonyl (C=O) groups is 2. The Bertz CT molecular complexity index is 1330. The smallest absolute Gasteiger partial charge is 0.325 e. The van der Waals surface area contributed by atoms with E-state index in [-0.39, 0.29) is 18.4 Å². The number of hydrogen-bond acceptors (Lipinski definition) is 4. The lowest BCUT2D eigenvalue weighted by molar-refractivity contribution is -0.141. The highest BCUT2D eigenvalue weighted by Crippen LogP contribution is 2.24. The Hall–Kier alpha value is -3.25. The second-order valence-corrected chi connectivity index (χ2v) is 7.93. The van der Waals surface area contributed by atoms with Gasteiger partial charge in [-0.3, -0.25) is 9.59 Å². The predicted octanol–water partition coefficient (Wildman–Crippen LogP) is 4.39. The fraction of sp³-hybridized carbons (Fsp3) is 0.174. The first-order valence-electron chi connectivity index (χ1n) is 9.21. The van der Waals surface area contributed by atoms with Gasteiger partial charge in [-0.15, -0.1) is 0 Å². The van der Waals surface area contributed by atoms with Crippen molar-refractivity contribution in [2.24, 2.45) is 4.99 Å². The number of nitrogens with zero attached hydrogens (tertiary/aromatic N) is 2. The van der Waals surface area contributed by atoms with Gasteiger partial charge >= 0.3 is 5.97 Å². The third kappa shape index (κ3) is 3.71. The van der Waals surface area contributed by atoms with Crippen molar-refractivity contribution < 1.29 is 14.3 Å². The first kappa shape index (κ1) is 19.1. The minimum Gasteiger partial charge on any atom is -0.468 e. The highest BCUT2D eigenvalue weighted by atomic mass is 32.1. The van der Waals surface area contributed by atoms with E-state index in [2.05, 4.69) is 11.1 Å². The number of ether oxygens (including phenoxy) is 1. The third-order valence-corrected chi connectivity index (χ3v) is 6.05. The monoisotopic (exact) mass is 404 g/mol. The molecule has 0 saturated heterocycles. The number of hydrogen-bond donors (Lipinski definition) is 0.